The smallest absolute Gasteiger partial charge is 0.186 e. The van der Waals surface area contributed by atoms with Crippen LogP contribution in [0.3, 0.4) is 0 Å². The molecule has 0 radical (unpaired) electrons. The zero-order valence-corrected chi connectivity index (χ0v) is 18.3. The lowest BCUT2D eigenvalue weighted by Crippen LogP contribution is -2.69. The number of rotatable bonds is 5. The van der Waals surface area contributed by atoms with Crippen molar-refractivity contribution in [3.63, 3.8) is 0 Å². The molecule has 0 aromatic heterocycles. The summed E-state index contributed by atoms with van der Waals surface area (Å²) in [5, 5.41) is 83.5. The molecule has 1 saturated heterocycles. The molecule has 0 unspecified atom stereocenters. The summed E-state index contributed by atoms with van der Waals surface area (Å²) in [5.41, 5.74) is -3.70. The molecule has 1 aliphatic heterocycles. The maximum atomic E-state index is 11.3. The van der Waals surface area contributed by atoms with Gasteiger partial charge in [0, 0.05) is 17.3 Å². The zero-order valence-electron chi connectivity index (χ0n) is 18.3. The number of aliphatic hydroxyl groups excluding tert-OH is 6. The summed E-state index contributed by atoms with van der Waals surface area (Å²) in [7, 11) is 0. The van der Waals surface area contributed by atoms with Crippen molar-refractivity contribution in [1.82, 2.24) is 0 Å². The lowest BCUT2D eigenvalue weighted by Gasteiger charge is -2.61. The van der Waals surface area contributed by atoms with Crippen molar-refractivity contribution in [2.45, 2.75) is 101 Å². The first kappa shape index (κ1) is 25.2. The zero-order chi connectivity index (χ0) is 23.4. The molecule has 2 aliphatic carbocycles. The highest BCUT2D eigenvalue weighted by atomic mass is 16.7. The Morgan fingerprint density at radius 1 is 1.00 bits per heavy atom. The lowest BCUT2D eigenvalue weighted by molar-refractivity contribution is -0.345. The minimum atomic E-state index is -1.65. The standard InChI is InChI=1S/C21H38O10/c1-19(2,28)10-4-7-21(9-23)12(24)5-6-20(3,29)17(21)16(10)31-18-15(27)14(26)13(25)11(8-22)30-18/h10-18,22-29H,4-9H2,1-3H3/t10-,11-,12+,13-,14+,15-,16-,17-,18+,20-,21+/m1/s1. The Hall–Kier alpha value is -0.400. The molecule has 11 atom stereocenters. The summed E-state index contributed by atoms with van der Waals surface area (Å²) in [6, 6.07) is 0. The van der Waals surface area contributed by atoms with Gasteiger partial charge in [-0.15, -0.1) is 0 Å². The predicted molar refractivity (Wildman–Crippen MR) is 107 cm³/mol. The highest BCUT2D eigenvalue weighted by Crippen LogP contribution is 2.58. The minimum Gasteiger partial charge on any atom is -0.396 e. The molecule has 182 valence electrons. The molecular weight excluding hydrogens is 412 g/mol. The van der Waals surface area contributed by atoms with E-state index in [1.54, 1.807) is 20.8 Å². The predicted octanol–water partition coefficient (Wildman–Crippen LogP) is -2.15. The Kier molecular flexibility index (Phi) is 7.12. The minimum absolute atomic E-state index is 0.244. The first-order valence-corrected chi connectivity index (χ1v) is 11.0. The SMILES string of the molecule is CC(C)(O)[C@@H]1CC[C@]2(CO)[C@@H](O)CC[C@@](C)(O)[C@H]2[C@@H]1O[C@@H]1O[C@H](CO)[C@@H](O)[C@H](O)[C@H]1O. The number of hydrogen-bond acceptors (Lipinski definition) is 10. The van der Waals surface area contributed by atoms with Crippen LogP contribution in [0.1, 0.15) is 46.5 Å². The van der Waals surface area contributed by atoms with Crippen molar-refractivity contribution < 1.29 is 50.3 Å². The van der Waals surface area contributed by atoms with E-state index in [9.17, 15) is 40.9 Å². The van der Waals surface area contributed by atoms with E-state index in [0.717, 1.165) is 0 Å². The van der Waals surface area contributed by atoms with Gasteiger partial charge in [-0.25, -0.2) is 0 Å². The second-order valence-electron chi connectivity index (χ2n) is 10.4. The topological polar surface area (TPSA) is 180 Å². The second-order valence-corrected chi connectivity index (χ2v) is 10.4. The van der Waals surface area contributed by atoms with Crippen LogP contribution in [0.15, 0.2) is 0 Å². The van der Waals surface area contributed by atoms with E-state index in [-0.39, 0.29) is 6.42 Å². The van der Waals surface area contributed by atoms with E-state index in [2.05, 4.69) is 0 Å². The molecule has 0 aromatic rings. The average Bonchev–Trinajstić information content (AvgIpc) is 2.70. The van der Waals surface area contributed by atoms with Gasteiger partial charge in [0.25, 0.3) is 0 Å². The molecule has 0 amide bonds. The Balaban J connectivity index is 2.01. The third-order valence-electron chi connectivity index (χ3n) is 7.86. The summed E-state index contributed by atoms with van der Waals surface area (Å²) in [6.45, 7) is 3.78. The molecule has 2 saturated carbocycles. The van der Waals surface area contributed by atoms with Gasteiger partial charge in [0.05, 0.1) is 36.6 Å². The van der Waals surface area contributed by atoms with E-state index in [1.165, 1.54) is 0 Å². The molecule has 3 rings (SSSR count). The third kappa shape index (κ3) is 4.28. The molecule has 3 fully saturated rings. The van der Waals surface area contributed by atoms with Crippen LogP contribution in [0.4, 0.5) is 0 Å². The van der Waals surface area contributed by atoms with E-state index in [4.69, 9.17) is 9.47 Å². The van der Waals surface area contributed by atoms with E-state index in [1.807, 2.05) is 0 Å². The van der Waals surface area contributed by atoms with Crippen molar-refractivity contribution in [2.75, 3.05) is 13.2 Å². The molecule has 1 heterocycles. The van der Waals surface area contributed by atoms with Gasteiger partial charge < -0.3 is 50.3 Å². The van der Waals surface area contributed by atoms with E-state index >= 15 is 0 Å². The van der Waals surface area contributed by atoms with Crippen LogP contribution in [0, 0.1) is 17.3 Å². The highest BCUT2D eigenvalue weighted by Gasteiger charge is 2.64. The first-order chi connectivity index (χ1) is 14.3. The molecule has 0 aromatic carbocycles. The Morgan fingerprint density at radius 2 is 1.65 bits per heavy atom. The van der Waals surface area contributed by atoms with Crippen LogP contribution in [0.2, 0.25) is 0 Å². The van der Waals surface area contributed by atoms with Crippen molar-refractivity contribution >= 4 is 0 Å². The number of ether oxygens (including phenoxy) is 2. The van der Waals surface area contributed by atoms with Crippen LogP contribution < -0.4 is 0 Å². The van der Waals surface area contributed by atoms with Crippen molar-refractivity contribution in [2.24, 2.45) is 17.3 Å². The number of aliphatic hydroxyl groups is 8. The number of hydrogen-bond donors (Lipinski definition) is 8. The first-order valence-electron chi connectivity index (χ1n) is 11.0. The Labute approximate surface area is 182 Å². The quantitative estimate of drug-likeness (QED) is 0.230. The third-order valence-corrected chi connectivity index (χ3v) is 7.86. The molecule has 31 heavy (non-hydrogen) atoms. The fraction of sp³-hybridized carbons (Fsp3) is 1.00. The average molecular weight is 451 g/mol. The summed E-state index contributed by atoms with van der Waals surface area (Å²) >= 11 is 0. The molecule has 0 spiro atoms. The fourth-order valence-electron chi connectivity index (χ4n) is 6.07. The maximum absolute atomic E-state index is 11.3. The summed E-state index contributed by atoms with van der Waals surface area (Å²) in [6.07, 6.45) is -8.07. The van der Waals surface area contributed by atoms with Gasteiger partial charge in [-0.3, -0.25) is 0 Å². The lowest BCUT2D eigenvalue weighted by atomic mass is 9.49. The summed E-state index contributed by atoms with van der Waals surface area (Å²) < 4.78 is 11.6. The highest BCUT2D eigenvalue weighted by molar-refractivity contribution is 5.12. The van der Waals surface area contributed by atoms with Crippen LogP contribution in [-0.2, 0) is 9.47 Å². The summed E-state index contributed by atoms with van der Waals surface area (Å²) in [4.78, 5) is 0. The van der Waals surface area contributed by atoms with E-state index < -0.39 is 84.6 Å². The van der Waals surface area contributed by atoms with Crippen LogP contribution >= 0.6 is 0 Å². The van der Waals surface area contributed by atoms with Crippen molar-refractivity contribution in [3.8, 4) is 0 Å². The van der Waals surface area contributed by atoms with Gasteiger partial charge in [-0.1, -0.05) is 0 Å². The van der Waals surface area contributed by atoms with Gasteiger partial charge >= 0.3 is 0 Å². The van der Waals surface area contributed by atoms with Crippen molar-refractivity contribution in [3.05, 3.63) is 0 Å². The Bertz CT molecular complexity index is 620. The monoisotopic (exact) mass is 450 g/mol. The molecule has 3 aliphatic rings. The van der Waals surface area contributed by atoms with Gasteiger partial charge in [-0.05, 0) is 46.5 Å². The molecular formula is C21H38O10. The van der Waals surface area contributed by atoms with Gasteiger partial charge in [0.2, 0.25) is 0 Å². The van der Waals surface area contributed by atoms with Crippen LogP contribution in [-0.4, -0.2) is 108 Å². The van der Waals surface area contributed by atoms with Crippen molar-refractivity contribution in [1.29, 1.82) is 0 Å². The molecule has 10 nitrogen and oxygen atoms in total. The number of fused-ring (bicyclic) bond motifs is 1. The van der Waals surface area contributed by atoms with Gasteiger partial charge in [0.15, 0.2) is 6.29 Å². The fourth-order valence-corrected chi connectivity index (χ4v) is 6.07. The largest absolute Gasteiger partial charge is 0.396 e. The van der Waals surface area contributed by atoms with Gasteiger partial charge in [0.1, 0.15) is 24.4 Å². The van der Waals surface area contributed by atoms with Crippen LogP contribution in [0.5, 0.6) is 0 Å². The summed E-state index contributed by atoms with van der Waals surface area (Å²) in [5.74, 6) is -1.37. The molecule has 8 N–H and O–H groups in total. The normalized spacial score (nSPS) is 51.4. The maximum Gasteiger partial charge on any atom is 0.186 e. The van der Waals surface area contributed by atoms with E-state index in [0.29, 0.717) is 19.3 Å². The van der Waals surface area contributed by atoms with Gasteiger partial charge in [-0.2, -0.15) is 0 Å². The molecule has 0 bridgehead atoms. The molecule has 10 heteroatoms. The Morgan fingerprint density at radius 3 is 2.19 bits per heavy atom. The second kappa shape index (κ2) is 8.75. The van der Waals surface area contributed by atoms with Crippen LogP contribution in [0.25, 0.3) is 0 Å².